The van der Waals surface area contributed by atoms with E-state index in [-0.39, 0.29) is 0 Å². The number of aryl methyl sites for hydroxylation is 1. The normalized spacial score (nSPS) is 12.5. The fourth-order valence-electron chi connectivity index (χ4n) is 2.37. The first-order valence-corrected chi connectivity index (χ1v) is 6.92. The minimum Gasteiger partial charge on any atom is -0.319 e. The maximum atomic E-state index is 4.16. The van der Waals surface area contributed by atoms with Crippen LogP contribution in [0.5, 0.6) is 0 Å². The number of hydrogen-bond acceptors (Lipinski definition) is 3. The molecular weight excluding hydrogens is 236 g/mol. The van der Waals surface area contributed by atoms with Gasteiger partial charge in [0.25, 0.3) is 0 Å². The zero-order valence-electron chi connectivity index (χ0n) is 11.7. The lowest BCUT2D eigenvalue weighted by Crippen LogP contribution is -2.20. The summed E-state index contributed by atoms with van der Waals surface area (Å²) >= 11 is 0. The molecule has 0 amide bonds. The van der Waals surface area contributed by atoms with Crippen molar-refractivity contribution in [2.24, 2.45) is 0 Å². The van der Waals surface area contributed by atoms with E-state index >= 15 is 0 Å². The molecule has 1 unspecified atom stereocenters. The minimum absolute atomic E-state index is 0.459. The average Bonchev–Trinajstić information content (AvgIpc) is 2.87. The van der Waals surface area contributed by atoms with Crippen LogP contribution in [0, 0.1) is 0 Å². The molecule has 1 atom stereocenters. The number of hydrogen-bond donors (Lipinski definition) is 1. The number of rotatable bonds is 7. The number of nitrogens with one attached hydrogen (secondary N) is 1. The molecular formula is C15H22N4. The second kappa shape index (κ2) is 7.04. The minimum atomic E-state index is 0.459. The first-order valence-electron chi connectivity index (χ1n) is 6.92. The molecule has 2 aromatic rings. The van der Waals surface area contributed by atoms with Crippen molar-refractivity contribution < 1.29 is 0 Å². The molecule has 0 saturated carbocycles. The van der Waals surface area contributed by atoms with Gasteiger partial charge < -0.3 is 5.32 Å². The Balaban J connectivity index is 2.14. The van der Waals surface area contributed by atoms with Crippen LogP contribution in [0.3, 0.4) is 0 Å². The standard InChI is InChI=1S/C15H22N4/c1-3-9-19-15(12-17-18-19)10-14(11-16-2)13-7-5-4-6-8-13/h4-8,12,14,16H,3,9-11H2,1-2H3. The van der Waals surface area contributed by atoms with Gasteiger partial charge in [0, 0.05) is 19.0 Å². The summed E-state index contributed by atoms with van der Waals surface area (Å²) in [6.45, 7) is 4.06. The summed E-state index contributed by atoms with van der Waals surface area (Å²) in [7, 11) is 2.00. The Kier molecular flexibility index (Phi) is 5.10. The van der Waals surface area contributed by atoms with Gasteiger partial charge in [-0.1, -0.05) is 42.5 Å². The summed E-state index contributed by atoms with van der Waals surface area (Å²) in [4.78, 5) is 0. The molecule has 0 fully saturated rings. The van der Waals surface area contributed by atoms with Crippen LogP contribution in [0.2, 0.25) is 0 Å². The van der Waals surface area contributed by atoms with Gasteiger partial charge in [-0.3, -0.25) is 0 Å². The molecule has 0 saturated heterocycles. The van der Waals surface area contributed by atoms with Crippen LogP contribution in [-0.4, -0.2) is 28.6 Å². The third kappa shape index (κ3) is 3.64. The Morgan fingerprint density at radius 3 is 2.74 bits per heavy atom. The van der Waals surface area contributed by atoms with Crippen molar-refractivity contribution in [2.45, 2.75) is 32.2 Å². The molecule has 1 aromatic carbocycles. The molecule has 102 valence electrons. The summed E-state index contributed by atoms with van der Waals surface area (Å²) in [5, 5.41) is 11.5. The van der Waals surface area contributed by atoms with Crippen molar-refractivity contribution in [2.75, 3.05) is 13.6 Å². The Morgan fingerprint density at radius 1 is 1.26 bits per heavy atom. The molecule has 0 aliphatic heterocycles. The third-order valence-corrected chi connectivity index (χ3v) is 3.31. The van der Waals surface area contributed by atoms with Crippen molar-refractivity contribution >= 4 is 0 Å². The van der Waals surface area contributed by atoms with Crippen LogP contribution in [0.15, 0.2) is 36.5 Å². The second-order valence-corrected chi connectivity index (χ2v) is 4.82. The lowest BCUT2D eigenvalue weighted by molar-refractivity contribution is 0.530. The van der Waals surface area contributed by atoms with Crippen LogP contribution in [0.1, 0.15) is 30.5 Å². The van der Waals surface area contributed by atoms with E-state index in [1.54, 1.807) is 0 Å². The highest BCUT2D eigenvalue weighted by molar-refractivity contribution is 5.21. The summed E-state index contributed by atoms with van der Waals surface area (Å²) in [5.41, 5.74) is 2.58. The van der Waals surface area contributed by atoms with E-state index < -0.39 is 0 Å². The van der Waals surface area contributed by atoms with Crippen LogP contribution < -0.4 is 5.32 Å². The van der Waals surface area contributed by atoms with E-state index in [2.05, 4.69) is 52.9 Å². The lowest BCUT2D eigenvalue weighted by Gasteiger charge is -2.17. The number of nitrogens with zero attached hydrogens (tertiary/aromatic N) is 3. The van der Waals surface area contributed by atoms with Gasteiger partial charge in [0.15, 0.2) is 0 Å². The van der Waals surface area contributed by atoms with Gasteiger partial charge in [-0.15, -0.1) is 5.10 Å². The zero-order valence-corrected chi connectivity index (χ0v) is 11.7. The highest BCUT2D eigenvalue weighted by Crippen LogP contribution is 2.19. The van der Waals surface area contributed by atoms with Crippen LogP contribution in [0.25, 0.3) is 0 Å². The van der Waals surface area contributed by atoms with Crippen LogP contribution in [-0.2, 0) is 13.0 Å². The van der Waals surface area contributed by atoms with E-state index in [1.165, 1.54) is 11.3 Å². The monoisotopic (exact) mass is 258 g/mol. The molecule has 0 radical (unpaired) electrons. The molecule has 1 aromatic heterocycles. The van der Waals surface area contributed by atoms with Gasteiger partial charge in [0.05, 0.1) is 11.9 Å². The van der Waals surface area contributed by atoms with Gasteiger partial charge in [-0.05, 0) is 25.5 Å². The van der Waals surface area contributed by atoms with Gasteiger partial charge in [0.2, 0.25) is 0 Å². The Labute approximate surface area is 114 Å². The Hall–Kier alpha value is -1.68. The van der Waals surface area contributed by atoms with Crippen molar-refractivity contribution in [3.63, 3.8) is 0 Å². The summed E-state index contributed by atoms with van der Waals surface area (Å²) < 4.78 is 2.02. The highest BCUT2D eigenvalue weighted by Gasteiger charge is 2.14. The quantitative estimate of drug-likeness (QED) is 0.828. The molecule has 4 nitrogen and oxygen atoms in total. The summed E-state index contributed by atoms with van der Waals surface area (Å²) in [6, 6.07) is 10.6. The first kappa shape index (κ1) is 13.7. The van der Waals surface area contributed by atoms with Crippen molar-refractivity contribution in [1.82, 2.24) is 20.3 Å². The molecule has 1 heterocycles. The van der Waals surface area contributed by atoms with Gasteiger partial charge in [-0.25, -0.2) is 4.68 Å². The van der Waals surface area contributed by atoms with Crippen molar-refractivity contribution in [3.8, 4) is 0 Å². The molecule has 0 aliphatic rings. The maximum Gasteiger partial charge on any atom is 0.0725 e. The Bertz CT molecular complexity index is 478. The van der Waals surface area contributed by atoms with Crippen molar-refractivity contribution in [3.05, 3.63) is 47.8 Å². The van der Waals surface area contributed by atoms with E-state index in [0.29, 0.717) is 5.92 Å². The number of benzene rings is 1. The van der Waals surface area contributed by atoms with Crippen LogP contribution >= 0.6 is 0 Å². The molecule has 0 spiro atoms. The summed E-state index contributed by atoms with van der Waals surface area (Å²) in [5.74, 6) is 0.459. The average molecular weight is 258 g/mol. The predicted octanol–water partition coefficient (Wildman–Crippen LogP) is 2.23. The van der Waals surface area contributed by atoms with Crippen LogP contribution in [0.4, 0.5) is 0 Å². The molecule has 19 heavy (non-hydrogen) atoms. The first-order chi connectivity index (χ1) is 9.35. The molecule has 0 bridgehead atoms. The fraction of sp³-hybridized carbons (Fsp3) is 0.467. The lowest BCUT2D eigenvalue weighted by atomic mass is 9.94. The second-order valence-electron chi connectivity index (χ2n) is 4.82. The number of aromatic nitrogens is 3. The molecule has 4 heteroatoms. The fourth-order valence-corrected chi connectivity index (χ4v) is 2.37. The maximum absolute atomic E-state index is 4.16. The zero-order chi connectivity index (χ0) is 13.5. The molecule has 2 rings (SSSR count). The van der Waals surface area contributed by atoms with E-state index in [4.69, 9.17) is 0 Å². The summed E-state index contributed by atoms with van der Waals surface area (Å²) in [6.07, 6.45) is 3.94. The highest BCUT2D eigenvalue weighted by atomic mass is 15.4. The Morgan fingerprint density at radius 2 is 2.05 bits per heavy atom. The van der Waals surface area contributed by atoms with Gasteiger partial charge in [-0.2, -0.15) is 0 Å². The predicted molar refractivity (Wildman–Crippen MR) is 77.1 cm³/mol. The van der Waals surface area contributed by atoms with Gasteiger partial charge in [0.1, 0.15) is 0 Å². The van der Waals surface area contributed by atoms with Crippen molar-refractivity contribution in [1.29, 1.82) is 0 Å². The van der Waals surface area contributed by atoms with E-state index in [9.17, 15) is 0 Å². The molecule has 1 N–H and O–H groups in total. The third-order valence-electron chi connectivity index (χ3n) is 3.31. The molecule has 0 aliphatic carbocycles. The van der Waals surface area contributed by atoms with E-state index in [1.807, 2.05) is 17.9 Å². The number of likely N-dealkylation sites (N-methyl/N-ethyl adjacent to an activating group) is 1. The van der Waals surface area contributed by atoms with E-state index in [0.717, 1.165) is 25.9 Å². The van der Waals surface area contributed by atoms with Gasteiger partial charge >= 0.3 is 0 Å². The smallest absolute Gasteiger partial charge is 0.0725 e. The SMILES string of the molecule is CCCn1nncc1CC(CNC)c1ccccc1. The largest absolute Gasteiger partial charge is 0.319 e. The topological polar surface area (TPSA) is 42.7 Å².